The van der Waals surface area contributed by atoms with E-state index in [1.807, 2.05) is 25.1 Å². The normalized spacial score (nSPS) is 14.4. The molecule has 14 heavy (non-hydrogen) atoms. The average Bonchev–Trinajstić information content (AvgIpc) is 2.18. The maximum atomic E-state index is 10.7. The van der Waals surface area contributed by atoms with Crippen LogP contribution in [0.15, 0.2) is 30.3 Å². The molecule has 0 fully saturated rings. The Morgan fingerprint density at radius 1 is 1.43 bits per heavy atom. The van der Waals surface area contributed by atoms with Gasteiger partial charge in [0, 0.05) is 12.0 Å². The largest absolute Gasteiger partial charge is 0.424 e. The van der Waals surface area contributed by atoms with E-state index in [2.05, 4.69) is 0 Å². The summed E-state index contributed by atoms with van der Waals surface area (Å²) in [5.74, 6) is 0. The number of amides is 1. The molecule has 1 atom stereocenters. The molecule has 0 spiro atoms. The van der Waals surface area contributed by atoms with Gasteiger partial charge >= 0.3 is 6.09 Å². The van der Waals surface area contributed by atoms with Crippen molar-refractivity contribution in [3.8, 4) is 0 Å². The predicted molar refractivity (Wildman–Crippen MR) is 53.3 cm³/mol. The lowest BCUT2D eigenvalue weighted by molar-refractivity contribution is 0.0146. The minimum Gasteiger partial charge on any atom is -0.424 e. The Kier molecular flexibility index (Phi) is 3.09. The van der Waals surface area contributed by atoms with Crippen molar-refractivity contribution in [3.05, 3.63) is 35.9 Å². The minimum absolute atomic E-state index is 0.472. The molecule has 0 aromatic heterocycles. The summed E-state index contributed by atoms with van der Waals surface area (Å²) in [7, 11) is 0. The van der Waals surface area contributed by atoms with Gasteiger partial charge in [0.2, 0.25) is 0 Å². The average molecular weight is 194 g/mol. The van der Waals surface area contributed by atoms with Gasteiger partial charge in [0.25, 0.3) is 0 Å². The standard InChI is InChI=1S/C10H14N2O2/c1-2-10(12,14-9(11)13)8-6-4-3-5-7-8/h3-7H,2,12H2,1H3,(H2,11,13). The second-order valence-corrected chi connectivity index (χ2v) is 3.03. The van der Waals surface area contributed by atoms with Gasteiger partial charge in [-0.1, -0.05) is 37.3 Å². The summed E-state index contributed by atoms with van der Waals surface area (Å²) >= 11 is 0. The highest BCUT2D eigenvalue weighted by molar-refractivity contribution is 5.65. The quantitative estimate of drug-likeness (QED) is 0.712. The molecule has 1 unspecified atom stereocenters. The van der Waals surface area contributed by atoms with Crippen LogP contribution in [0.1, 0.15) is 18.9 Å². The van der Waals surface area contributed by atoms with E-state index in [0.29, 0.717) is 6.42 Å². The van der Waals surface area contributed by atoms with E-state index < -0.39 is 11.8 Å². The lowest BCUT2D eigenvalue weighted by Crippen LogP contribution is -2.42. The van der Waals surface area contributed by atoms with E-state index >= 15 is 0 Å². The number of carbonyl (C=O) groups excluding carboxylic acids is 1. The third-order valence-corrected chi connectivity index (χ3v) is 2.07. The molecule has 4 N–H and O–H groups in total. The maximum absolute atomic E-state index is 10.7. The SMILES string of the molecule is CCC(N)(OC(N)=O)c1ccccc1. The van der Waals surface area contributed by atoms with Gasteiger partial charge in [0.15, 0.2) is 5.72 Å². The van der Waals surface area contributed by atoms with Crippen LogP contribution in [0.2, 0.25) is 0 Å². The van der Waals surface area contributed by atoms with E-state index in [-0.39, 0.29) is 0 Å². The number of carbonyl (C=O) groups is 1. The lowest BCUT2D eigenvalue weighted by atomic mass is 10.0. The zero-order chi connectivity index (χ0) is 10.6. The molecule has 0 aliphatic carbocycles. The number of hydrogen-bond acceptors (Lipinski definition) is 3. The molecule has 1 aromatic rings. The number of nitrogens with two attached hydrogens (primary N) is 2. The molecule has 0 aliphatic heterocycles. The molecular weight excluding hydrogens is 180 g/mol. The molecule has 0 bridgehead atoms. The maximum Gasteiger partial charge on any atom is 0.406 e. The zero-order valence-corrected chi connectivity index (χ0v) is 8.07. The van der Waals surface area contributed by atoms with Crippen molar-refractivity contribution in [1.29, 1.82) is 0 Å². The summed E-state index contributed by atoms with van der Waals surface area (Å²) < 4.78 is 4.89. The number of hydrogen-bond donors (Lipinski definition) is 2. The first-order valence-electron chi connectivity index (χ1n) is 4.41. The number of ether oxygens (including phenoxy) is 1. The molecule has 4 nitrogen and oxygen atoms in total. The molecule has 0 saturated carbocycles. The fourth-order valence-corrected chi connectivity index (χ4v) is 1.23. The number of primary amides is 1. The first-order chi connectivity index (χ1) is 6.58. The lowest BCUT2D eigenvalue weighted by Gasteiger charge is -2.27. The van der Waals surface area contributed by atoms with E-state index in [0.717, 1.165) is 5.56 Å². The second-order valence-electron chi connectivity index (χ2n) is 3.03. The van der Waals surface area contributed by atoms with Crippen molar-refractivity contribution in [2.45, 2.75) is 19.1 Å². The summed E-state index contributed by atoms with van der Waals surface area (Å²) in [5.41, 5.74) is 10.5. The van der Waals surface area contributed by atoms with Gasteiger partial charge in [-0.2, -0.15) is 0 Å². The van der Waals surface area contributed by atoms with Crippen LogP contribution in [-0.4, -0.2) is 6.09 Å². The molecule has 76 valence electrons. The smallest absolute Gasteiger partial charge is 0.406 e. The molecule has 1 aromatic carbocycles. The molecule has 0 heterocycles. The molecule has 0 saturated heterocycles. The van der Waals surface area contributed by atoms with Crippen molar-refractivity contribution < 1.29 is 9.53 Å². The topological polar surface area (TPSA) is 78.3 Å². The Morgan fingerprint density at radius 2 is 2.00 bits per heavy atom. The van der Waals surface area contributed by atoms with Crippen LogP contribution >= 0.6 is 0 Å². The molecule has 1 rings (SSSR count). The van der Waals surface area contributed by atoms with Crippen molar-refractivity contribution in [3.63, 3.8) is 0 Å². The Bertz CT molecular complexity index is 313. The van der Waals surface area contributed by atoms with Crippen LogP contribution in [-0.2, 0) is 10.5 Å². The van der Waals surface area contributed by atoms with Crippen LogP contribution in [0.25, 0.3) is 0 Å². The number of benzene rings is 1. The van der Waals surface area contributed by atoms with E-state index in [9.17, 15) is 4.79 Å². The fourth-order valence-electron chi connectivity index (χ4n) is 1.23. The van der Waals surface area contributed by atoms with Gasteiger partial charge in [-0.3, -0.25) is 5.73 Å². The Labute approximate surface area is 82.8 Å². The molecule has 0 radical (unpaired) electrons. The number of rotatable bonds is 3. The van der Waals surface area contributed by atoms with Crippen LogP contribution in [0.4, 0.5) is 4.79 Å². The Hall–Kier alpha value is -1.55. The molecule has 0 aliphatic rings. The van der Waals surface area contributed by atoms with E-state index in [1.165, 1.54) is 0 Å². The highest BCUT2D eigenvalue weighted by atomic mass is 16.6. The van der Waals surface area contributed by atoms with Crippen LogP contribution in [0, 0.1) is 0 Å². The summed E-state index contributed by atoms with van der Waals surface area (Å²) in [5, 5.41) is 0. The minimum atomic E-state index is -1.12. The first-order valence-corrected chi connectivity index (χ1v) is 4.41. The predicted octanol–water partition coefficient (Wildman–Crippen LogP) is 1.30. The first kappa shape index (κ1) is 10.5. The summed E-state index contributed by atoms with van der Waals surface area (Å²) in [4.78, 5) is 10.7. The third kappa shape index (κ3) is 2.23. The molecular formula is C10H14N2O2. The van der Waals surface area contributed by atoms with E-state index in [4.69, 9.17) is 16.2 Å². The van der Waals surface area contributed by atoms with Crippen LogP contribution in [0.3, 0.4) is 0 Å². The second kappa shape index (κ2) is 4.11. The zero-order valence-electron chi connectivity index (χ0n) is 8.07. The van der Waals surface area contributed by atoms with Gasteiger partial charge in [0.1, 0.15) is 0 Å². The van der Waals surface area contributed by atoms with Gasteiger partial charge in [-0.25, -0.2) is 4.79 Å². The Balaban J connectivity index is 2.95. The Morgan fingerprint density at radius 3 is 2.43 bits per heavy atom. The summed E-state index contributed by atoms with van der Waals surface area (Å²) in [6.07, 6.45) is -0.391. The molecule has 4 heteroatoms. The third-order valence-electron chi connectivity index (χ3n) is 2.07. The van der Waals surface area contributed by atoms with Crippen molar-refractivity contribution in [2.24, 2.45) is 11.5 Å². The van der Waals surface area contributed by atoms with Gasteiger partial charge in [0.05, 0.1) is 0 Å². The van der Waals surface area contributed by atoms with Crippen LogP contribution < -0.4 is 11.5 Å². The fraction of sp³-hybridized carbons (Fsp3) is 0.300. The van der Waals surface area contributed by atoms with E-state index in [1.54, 1.807) is 12.1 Å². The highest BCUT2D eigenvalue weighted by Gasteiger charge is 2.28. The summed E-state index contributed by atoms with van der Waals surface area (Å²) in [6, 6.07) is 9.12. The van der Waals surface area contributed by atoms with Crippen molar-refractivity contribution >= 4 is 6.09 Å². The van der Waals surface area contributed by atoms with Crippen LogP contribution in [0.5, 0.6) is 0 Å². The van der Waals surface area contributed by atoms with Crippen molar-refractivity contribution in [1.82, 2.24) is 0 Å². The van der Waals surface area contributed by atoms with Gasteiger partial charge in [-0.15, -0.1) is 0 Å². The van der Waals surface area contributed by atoms with Gasteiger partial charge in [-0.05, 0) is 0 Å². The highest BCUT2D eigenvalue weighted by Crippen LogP contribution is 2.22. The van der Waals surface area contributed by atoms with Gasteiger partial charge < -0.3 is 10.5 Å². The monoisotopic (exact) mass is 194 g/mol. The van der Waals surface area contributed by atoms with Crippen molar-refractivity contribution in [2.75, 3.05) is 0 Å². The summed E-state index contributed by atoms with van der Waals surface area (Å²) in [6.45, 7) is 1.83. The molecule has 1 amide bonds.